The van der Waals surface area contributed by atoms with Gasteiger partial charge in [0.15, 0.2) is 0 Å². The van der Waals surface area contributed by atoms with E-state index in [4.69, 9.17) is 19.7 Å². The number of aliphatic hydroxyl groups is 1. The van der Waals surface area contributed by atoms with Gasteiger partial charge in [0.05, 0.1) is 6.61 Å². The highest BCUT2D eigenvalue weighted by molar-refractivity contribution is 6.00. The van der Waals surface area contributed by atoms with Gasteiger partial charge in [-0.3, -0.25) is 19.2 Å². The summed E-state index contributed by atoms with van der Waals surface area (Å²) in [5.41, 5.74) is 9.64. The lowest BCUT2D eigenvalue weighted by atomic mass is 9.75. The fourth-order valence-electron chi connectivity index (χ4n) is 11.4. The maximum absolute atomic E-state index is 13.2. The molecule has 65 heavy (non-hydrogen) atoms. The Labute approximate surface area is 384 Å². The molecule has 0 radical (unpaired) electrons. The van der Waals surface area contributed by atoms with Crippen molar-refractivity contribution in [1.82, 2.24) is 24.3 Å². The Morgan fingerprint density at radius 2 is 1.11 bits per heavy atom. The molecule has 2 atom stereocenters. The topological polar surface area (TPSA) is 156 Å². The fourth-order valence-corrected chi connectivity index (χ4v) is 11.4. The molecule has 2 aliphatic carbocycles. The number of carboxylic acid groups (broad SMARTS) is 1. The van der Waals surface area contributed by atoms with Gasteiger partial charge in [0.2, 0.25) is 5.91 Å². The minimum Gasteiger partial charge on any atom is -0.481 e. The number of aliphatic hydroxyl groups excluding tert-OH is 1. The summed E-state index contributed by atoms with van der Waals surface area (Å²) in [5.74, 6) is 1.92. The van der Waals surface area contributed by atoms with Crippen molar-refractivity contribution in [2.45, 2.75) is 117 Å². The Balaban J connectivity index is 0.000000195. The first kappa shape index (κ1) is 48.2. The number of amides is 3. The van der Waals surface area contributed by atoms with Crippen LogP contribution in [-0.4, -0.2) is 120 Å². The number of carbonyl (C=O) groups is 4. The highest BCUT2D eigenvalue weighted by atomic mass is 16.5. The van der Waals surface area contributed by atoms with Gasteiger partial charge in [-0.25, -0.2) is 0 Å². The van der Waals surface area contributed by atoms with Gasteiger partial charge in [0.25, 0.3) is 11.8 Å². The Hall–Kier alpha value is -4.72. The predicted octanol–water partition coefficient (Wildman–Crippen LogP) is 7.28. The third kappa shape index (κ3) is 11.3. The van der Waals surface area contributed by atoms with E-state index in [2.05, 4.69) is 52.6 Å². The molecule has 2 saturated heterocycles. The van der Waals surface area contributed by atoms with Crippen LogP contribution in [0, 0.1) is 23.7 Å². The summed E-state index contributed by atoms with van der Waals surface area (Å²) < 4.78 is 16.0. The summed E-state index contributed by atoms with van der Waals surface area (Å²) >= 11 is 0. The Kier molecular flexibility index (Phi) is 16.8. The molecule has 4 aliphatic rings. The molecule has 2 unspecified atom stereocenters. The minimum atomic E-state index is -0.825. The lowest BCUT2D eigenvalue weighted by Crippen LogP contribution is -2.30. The van der Waals surface area contributed by atoms with E-state index in [-0.39, 0.29) is 37.3 Å². The monoisotopic (exact) mass is 896 g/mol. The molecule has 2 aliphatic heterocycles. The van der Waals surface area contributed by atoms with Crippen LogP contribution in [0.2, 0.25) is 0 Å². The molecular formula is C52H73N5O8. The molecule has 13 heteroatoms. The third-order valence-electron chi connectivity index (χ3n) is 14.9. The van der Waals surface area contributed by atoms with E-state index in [1.54, 1.807) is 23.9 Å². The van der Waals surface area contributed by atoms with Gasteiger partial charge in [0, 0.05) is 130 Å². The lowest BCUT2D eigenvalue weighted by Gasteiger charge is -2.33. The highest BCUT2D eigenvalue weighted by Gasteiger charge is 2.33. The van der Waals surface area contributed by atoms with Crippen molar-refractivity contribution >= 4 is 45.5 Å². The highest BCUT2D eigenvalue weighted by Crippen LogP contribution is 2.41. The van der Waals surface area contributed by atoms with Gasteiger partial charge in [-0.15, -0.1) is 0 Å². The first-order chi connectivity index (χ1) is 31.5. The smallest absolute Gasteiger partial charge is 0.303 e. The second-order valence-electron chi connectivity index (χ2n) is 18.8. The number of carbonyl (C=O) groups excluding carboxylic acids is 3. The van der Waals surface area contributed by atoms with Crippen LogP contribution in [0.5, 0.6) is 0 Å². The van der Waals surface area contributed by atoms with Gasteiger partial charge in [-0.2, -0.15) is 0 Å². The van der Waals surface area contributed by atoms with Crippen LogP contribution in [0.25, 0.3) is 21.8 Å². The van der Waals surface area contributed by atoms with Crippen LogP contribution in [0.4, 0.5) is 0 Å². The Morgan fingerprint density at radius 1 is 0.662 bits per heavy atom. The predicted molar refractivity (Wildman–Crippen MR) is 253 cm³/mol. The summed E-state index contributed by atoms with van der Waals surface area (Å²) in [6, 6.07) is 12.2. The number of carboxylic acids is 1. The summed E-state index contributed by atoms with van der Waals surface area (Å²) in [6.45, 7) is 11.0. The second-order valence-corrected chi connectivity index (χ2v) is 18.8. The van der Waals surface area contributed by atoms with Crippen molar-refractivity contribution in [3.63, 3.8) is 0 Å². The van der Waals surface area contributed by atoms with Crippen LogP contribution in [0.15, 0.2) is 36.4 Å². The molecule has 13 nitrogen and oxygen atoms in total. The molecule has 4 heterocycles. The number of benzene rings is 2. The molecule has 8 rings (SSSR count). The number of aromatic nitrogens is 2. The molecule has 4 aromatic rings. The summed E-state index contributed by atoms with van der Waals surface area (Å²) in [7, 11) is 3.55. The largest absolute Gasteiger partial charge is 0.481 e. The van der Waals surface area contributed by atoms with Crippen LogP contribution in [0.3, 0.4) is 0 Å². The normalized spacial score (nSPS) is 19.0. The van der Waals surface area contributed by atoms with E-state index in [9.17, 15) is 19.2 Å². The van der Waals surface area contributed by atoms with E-state index in [1.165, 1.54) is 70.0 Å². The van der Waals surface area contributed by atoms with E-state index in [0.29, 0.717) is 55.3 Å². The standard InChI is InChI=1S/C27H39N3O4.C25H34N2O4/c1-3-30-24-8-6-20(19-10-15-34-16-11-19)17-22(24)23-18-21(7-9-25(23)30)27(33)29(2)13-4-5-26(32)28-12-14-31;1-3-27-22-8-6-18(17-10-13-31-14-11-17)15-20(22)21-16-19(7-9-23(21)27)25(30)26(2)12-4-5-24(28)29/h7,9,18-20,31H,3-6,8,10-17H2,1-2H3,(H,28,32);7,9,16-18H,3-6,8,10-15H2,1-2H3,(H,28,29). The van der Waals surface area contributed by atoms with E-state index in [0.717, 1.165) is 89.9 Å². The molecule has 2 aromatic carbocycles. The zero-order chi connectivity index (χ0) is 46.0. The zero-order valence-corrected chi connectivity index (χ0v) is 39.4. The van der Waals surface area contributed by atoms with Crippen LogP contribution >= 0.6 is 0 Å². The fraction of sp³-hybridized carbons (Fsp3) is 0.615. The molecule has 3 amide bonds. The number of rotatable bonds is 16. The van der Waals surface area contributed by atoms with Crippen molar-refractivity contribution in [2.75, 3.05) is 66.8 Å². The first-order valence-corrected chi connectivity index (χ1v) is 24.6. The van der Waals surface area contributed by atoms with Gasteiger partial charge in [-0.1, -0.05) is 0 Å². The quantitative estimate of drug-likeness (QED) is 0.106. The summed E-state index contributed by atoms with van der Waals surface area (Å²) in [4.78, 5) is 52.0. The van der Waals surface area contributed by atoms with E-state index >= 15 is 0 Å². The van der Waals surface area contributed by atoms with Gasteiger partial charge < -0.3 is 43.9 Å². The number of hydrogen-bond acceptors (Lipinski definition) is 7. The zero-order valence-electron chi connectivity index (χ0n) is 39.4. The maximum Gasteiger partial charge on any atom is 0.303 e. The molecule has 2 fully saturated rings. The number of nitrogens with zero attached hydrogens (tertiary/aromatic N) is 4. The van der Waals surface area contributed by atoms with Gasteiger partial charge >= 0.3 is 5.97 Å². The number of ether oxygens (including phenoxy) is 2. The summed E-state index contributed by atoms with van der Waals surface area (Å²) in [6.07, 6.45) is 13.0. The van der Waals surface area contributed by atoms with Crippen LogP contribution < -0.4 is 5.32 Å². The Morgan fingerprint density at radius 3 is 1.52 bits per heavy atom. The number of fused-ring (bicyclic) bond motifs is 6. The number of nitrogens with one attached hydrogen (secondary N) is 1. The van der Waals surface area contributed by atoms with Crippen LogP contribution in [-0.2, 0) is 57.8 Å². The minimum absolute atomic E-state index is 0.00699. The van der Waals surface area contributed by atoms with Crippen molar-refractivity contribution in [3.8, 4) is 0 Å². The number of hydrogen-bond donors (Lipinski definition) is 3. The molecule has 0 spiro atoms. The number of aliphatic carboxylic acids is 1. The summed E-state index contributed by atoms with van der Waals surface area (Å²) in [5, 5.41) is 22.7. The first-order valence-electron chi connectivity index (χ1n) is 24.6. The Bertz CT molecular complexity index is 2290. The third-order valence-corrected chi connectivity index (χ3v) is 14.9. The second kappa shape index (κ2) is 22.7. The molecule has 3 N–H and O–H groups in total. The molecule has 2 aromatic heterocycles. The molecule has 0 saturated carbocycles. The lowest BCUT2D eigenvalue weighted by molar-refractivity contribution is -0.137. The van der Waals surface area contributed by atoms with Crippen molar-refractivity contribution < 1.29 is 38.9 Å². The van der Waals surface area contributed by atoms with Crippen LogP contribution in [0.1, 0.15) is 121 Å². The SMILES string of the molecule is CCn1c2c(c3cc(C(=O)N(C)CCCC(=O)NCCO)ccc31)CC(C1CCOCC1)CC2.CCn1c2c(c3cc(C(=O)N(C)CCCC(=O)O)ccc31)CC(C1CCOCC1)CC2. The average Bonchev–Trinajstić information content (AvgIpc) is 3.83. The maximum atomic E-state index is 13.2. The molecular weight excluding hydrogens is 823 g/mol. The van der Waals surface area contributed by atoms with Crippen molar-refractivity contribution in [3.05, 3.63) is 70.0 Å². The number of aryl methyl sites for hydroxylation is 2. The van der Waals surface area contributed by atoms with E-state index < -0.39 is 5.97 Å². The average molecular weight is 896 g/mol. The van der Waals surface area contributed by atoms with Gasteiger partial charge in [-0.05, 0) is 162 Å². The van der Waals surface area contributed by atoms with Crippen molar-refractivity contribution in [1.29, 1.82) is 0 Å². The van der Waals surface area contributed by atoms with E-state index in [1.807, 2.05) is 12.1 Å². The molecule has 0 bridgehead atoms. The van der Waals surface area contributed by atoms with Crippen molar-refractivity contribution in [2.24, 2.45) is 23.7 Å². The molecule has 354 valence electrons. The van der Waals surface area contributed by atoms with Gasteiger partial charge in [0.1, 0.15) is 0 Å².